The van der Waals surface area contributed by atoms with Crippen molar-refractivity contribution >= 4 is 11.4 Å². The lowest BCUT2D eigenvalue weighted by Crippen LogP contribution is -2.06. The number of anilines is 2. The molecule has 4 N–H and O–H groups in total. The number of tetrazole rings is 1. The van der Waals surface area contributed by atoms with Crippen LogP contribution in [-0.4, -0.2) is 20.2 Å². The lowest BCUT2D eigenvalue weighted by molar-refractivity contribution is 0.653. The van der Waals surface area contributed by atoms with Gasteiger partial charge in [-0.3, -0.25) is 0 Å². The molecule has 0 saturated heterocycles. The Morgan fingerprint density at radius 1 is 1.10 bits per heavy atom. The predicted octanol–water partition coefficient (Wildman–Crippen LogP) is 1.86. The lowest BCUT2D eigenvalue weighted by Gasteiger charge is -2.08. The maximum Gasteiger partial charge on any atom is 0.184 e. The molecule has 0 aliphatic heterocycles. The normalized spacial score (nSPS) is 10.7. The van der Waals surface area contributed by atoms with E-state index in [-0.39, 0.29) is 0 Å². The molecule has 0 atom stereocenters. The number of hydrogen-bond acceptors (Lipinski definition) is 5. The topological polar surface area (TPSA) is 95.6 Å². The first-order chi connectivity index (χ1) is 10.1. The molecule has 0 aliphatic carbocycles. The van der Waals surface area contributed by atoms with Crippen LogP contribution < -0.4 is 11.5 Å². The molecule has 0 fully saturated rings. The Hall–Kier alpha value is -2.89. The van der Waals surface area contributed by atoms with Gasteiger partial charge in [-0.15, -0.1) is 5.10 Å². The molecule has 0 amide bonds. The fraction of sp³-hybridized carbons (Fsp3) is 0.133. The number of benzene rings is 2. The van der Waals surface area contributed by atoms with Crippen LogP contribution in [0, 0.1) is 6.92 Å². The zero-order chi connectivity index (χ0) is 14.8. The van der Waals surface area contributed by atoms with E-state index in [9.17, 15) is 0 Å². The first-order valence-corrected chi connectivity index (χ1v) is 6.60. The summed E-state index contributed by atoms with van der Waals surface area (Å²) in [5.41, 5.74) is 16.0. The minimum Gasteiger partial charge on any atom is -0.399 e. The van der Waals surface area contributed by atoms with E-state index in [1.807, 2.05) is 18.2 Å². The fourth-order valence-corrected chi connectivity index (χ4v) is 2.27. The van der Waals surface area contributed by atoms with Crippen LogP contribution >= 0.6 is 0 Å². The van der Waals surface area contributed by atoms with Crippen LogP contribution in [0.15, 0.2) is 42.5 Å². The average Bonchev–Trinajstić information content (AvgIpc) is 2.87. The van der Waals surface area contributed by atoms with Gasteiger partial charge in [0.25, 0.3) is 0 Å². The molecular weight excluding hydrogens is 264 g/mol. The standard InChI is InChI=1S/C15H16N6/c1-10-3-2-4-11(7-10)9-21-15(18-19-20-21)13-6-5-12(16)8-14(13)17/h2-8H,9,16-17H2,1H3. The second kappa shape index (κ2) is 5.24. The van der Waals surface area contributed by atoms with Gasteiger partial charge in [-0.2, -0.15) is 0 Å². The van der Waals surface area contributed by atoms with Crippen LogP contribution in [0.1, 0.15) is 11.1 Å². The van der Waals surface area contributed by atoms with Gasteiger partial charge in [-0.05, 0) is 41.1 Å². The summed E-state index contributed by atoms with van der Waals surface area (Å²) >= 11 is 0. The molecule has 0 saturated carbocycles. The molecule has 0 aliphatic rings. The molecule has 0 unspecified atom stereocenters. The van der Waals surface area contributed by atoms with Crippen molar-refractivity contribution < 1.29 is 0 Å². The molecular formula is C15H16N6. The lowest BCUT2D eigenvalue weighted by atomic mass is 10.1. The number of nitrogen functional groups attached to an aromatic ring is 2. The van der Waals surface area contributed by atoms with E-state index in [0.717, 1.165) is 11.1 Å². The number of rotatable bonds is 3. The third-order valence-electron chi connectivity index (χ3n) is 3.26. The quantitative estimate of drug-likeness (QED) is 0.714. The molecule has 1 aromatic heterocycles. The van der Waals surface area contributed by atoms with Gasteiger partial charge in [-0.25, -0.2) is 4.68 Å². The summed E-state index contributed by atoms with van der Waals surface area (Å²) in [5, 5.41) is 11.9. The van der Waals surface area contributed by atoms with E-state index < -0.39 is 0 Å². The summed E-state index contributed by atoms with van der Waals surface area (Å²) < 4.78 is 1.73. The van der Waals surface area contributed by atoms with Gasteiger partial charge in [0.15, 0.2) is 5.82 Å². The Kier molecular flexibility index (Phi) is 3.27. The Bertz CT molecular complexity index is 777. The van der Waals surface area contributed by atoms with Crippen LogP contribution in [-0.2, 0) is 6.54 Å². The van der Waals surface area contributed by atoms with E-state index in [1.54, 1.807) is 16.8 Å². The third kappa shape index (κ3) is 2.69. The van der Waals surface area contributed by atoms with Crippen molar-refractivity contribution in [1.29, 1.82) is 0 Å². The highest BCUT2D eigenvalue weighted by molar-refractivity contribution is 5.74. The Morgan fingerprint density at radius 3 is 2.71 bits per heavy atom. The molecule has 21 heavy (non-hydrogen) atoms. The summed E-state index contributed by atoms with van der Waals surface area (Å²) in [6.45, 7) is 2.65. The summed E-state index contributed by atoms with van der Waals surface area (Å²) in [6, 6.07) is 13.6. The highest BCUT2D eigenvalue weighted by Crippen LogP contribution is 2.25. The van der Waals surface area contributed by atoms with Crippen LogP contribution in [0.4, 0.5) is 11.4 Å². The van der Waals surface area contributed by atoms with Crippen LogP contribution in [0.5, 0.6) is 0 Å². The van der Waals surface area contributed by atoms with Gasteiger partial charge in [0.05, 0.1) is 6.54 Å². The molecule has 106 valence electrons. The smallest absolute Gasteiger partial charge is 0.184 e. The molecule has 6 heteroatoms. The first-order valence-electron chi connectivity index (χ1n) is 6.60. The number of aromatic nitrogens is 4. The molecule has 0 spiro atoms. The molecule has 1 heterocycles. The van der Waals surface area contributed by atoms with Crippen molar-refractivity contribution in [2.75, 3.05) is 11.5 Å². The molecule has 0 radical (unpaired) electrons. The van der Waals surface area contributed by atoms with Crippen LogP contribution in [0.25, 0.3) is 11.4 Å². The minimum atomic E-state index is 0.565. The third-order valence-corrected chi connectivity index (χ3v) is 3.26. The van der Waals surface area contributed by atoms with E-state index in [2.05, 4.69) is 34.6 Å². The first kappa shape index (κ1) is 13.1. The number of nitrogens with two attached hydrogens (primary N) is 2. The van der Waals surface area contributed by atoms with Gasteiger partial charge in [-0.1, -0.05) is 29.8 Å². The second-order valence-electron chi connectivity index (χ2n) is 5.00. The van der Waals surface area contributed by atoms with Crippen LogP contribution in [0.2, 0.25) is 0 Å². The molecule has 2 aromatic carbocycles. The molecule has 0 bridgehead atoms. The van der Waals surface area contributed by atoms with Crippen molar-refractivity contribution in [3.8, 4) is 11.4 Å². The van der Waals surface area contributed by atoms with Crippen LogP contribution in [0.3, 0.4) is 0 Å². The summed E-state index contributed by atoms with van der Waals surface area (Å²) in [6.07, 6.45) is 0. The Labute approximate surface area is 122 Å². The number of nitrogens with zero attached hydrogens (tertiary/aromatic N) is 4. The highest BCUT2D eigenvalue weighted by atomic mass is 15.5. The maximum atomic E-state index is 6.01. The summed E-state index contributed by atoms with van der Waals surface area (Å²) in [7, 11) is 0. The van der Waals surface area contributed by atoms with Gasteiger partial charge >= 0.3 is 0 Å². The predicted molar refractivity (Wildman–Crippen MR) is 82.4 cm³/mol. The van der Waals surface area contributed by atoms with E-state index in [1.165, 1.54) is 5.56 Å². The van der Waals surface area contributed by atoms with Crippen molar-refractivity contribution in [2.45, 2.75) is 13.5 Å². The maximum absolute atomic E-state index is 6.01. The minimum absolute atomic E-state index is 0.565. The fourth-order valence-electron chi connectivity index (χ4n) is 2.27. The van der Waals surface area contributed by atoms with Gasteiger partial charge in [0.1, 0.15) is 0 Å². The number of aryl methyl sites for hydroxylation is 1. The second-order valence-corrected chi connectivity index (χ2v) is 5.00. The van der Waals surface area contributed by atoms with Crippen molar-refractivity contribution in [1.82, 2.24) is 20.2 Å². The average molecular weight is 280 g/mol. The SMILES string of the molecule is Cc1cccc(Cn2nnnc2-c2ccc(N)cc2N)c1. The Balaban J connectivity index is 1.97. The molecule has 3 aromatic rings. The molecule has 3 rings (SSSR count). The molecule has 6 nitrogen and oxygen atoms in total. The zero-order valence-electron chi connectivity index (χ0n) is 11.7. The van der Waals surface area contributed by atoms with Crippen molar-refractivity contribution in [2.24, 2.45) is 0 Å². The van der Waals surface area contributed by atoms with E-state index in [0.29, 0.717) is 23.7 Å². The van der Waals surface area contributed by atoms with Gasteiger partial charge < -0.3 is 11.5 Å². The Morgan fingerprint density at radius 2 is 1.95 bits per heavy atom. The monoisotopic (exact) mass is 280 g/mol. The van der Waals surface area contributed by atoms with Crippen molar-refractivity contribution in [3.05, 3.63) is 53.6 Å². The summed E-state index contributed by atoms with van der Waals surface area (Å²) in [5.74, 6) is 0.633. The van der Waals surface area contributed by atoms with Crippen molar-refractivity contribution in [3.63, 3.8) is 0 Å². The van der Waals surface area contributed by atoms with E-state index >= 15 is 0 Å². The highest BCUT2D eigenvalue weighted by Gasteiger charge is 2.12. The summed E-state index contributed by atoms with van der Waals surface area (Å²) in [4.78, 5) is 0. The van der Waals surface area contributed by atoms with Gasteiger partial charge in [0, 0.05) is 16.9 Å². The largest absolute Gasteiger partial charge is 0.399 e. The van der Waals surface area contributed by atoms with Gasteiger partial charge in [0.2, 0.25) is 0 Å². The van der Waals surface area contributed by atoms with E-state index in [4.69, 9.17) is 11.5 Å². The number of hydrogen-bond donors (Lipinski definition) is 2. The zero-order valence-corrected chi connectivity index (χ0v) is 11.7.